The third-order valence-electron chi connectivity index (χ3n) is 3.68. The number of hydrogen-bond donors (Lipinski definition) is 2. The van der Waals surface area contributed by atoms with Crippen molar-refractivity contribution >= 4 is 28.9 Å². The second-order valence-electron chi connectivity index (χ2n) is 5.04. The van der Waals surface area contributed by atoms with Crippen LogP contribution >= 0.6 is 12.2 Å². The van der Waals surface area contributed by atoms with Crippen molar-refractivity contribution in [2.75, 3.05) is 25.0 Å². The van der Waals surface area contributed by atoms with Crippen LogP contribution in [0.25, 0.3) is 0 Å². The predicted molar refractivity (Wildman–Crippen MR) is 79.3 cm³/mol. The van der Waals surface area contributed by atoms with Gasteiger partial charge in [0.1, 0.15) is 0 Å². The average molecular weight is 275 g/mol. The summed E-state index contributed by atoms with van der Waals surface area (Å²) in [7, 11) is 0. The molecule has 0 saturated carbocycles. The molecule has 1 amide bonds. The van der Waals surface area contributed by atoms with Crippen LogP contribution in [0.15, 0.2) is 18.2 Å². The molecule has 2 aliphatic rings. The molecule has 1 saturated heterocycles. The Morgan fingerprint density at radius 3 is 3.00 bits per heavy atom. The molecule has 4 nitrogen and oxygen atoms in total. The first-order valence-electron chi connectivity index (χ1n) is 6.67. The van der Waals surface area contributed by atoms with E-state index >= 15 is 0 Å². The van der Waals surface area contributed by atoms with Gasteiger partial charge in [0.2, 0.25) is 5.91 Å². The van der Waals surface area contributed by atoms with Crippen LogP contribution in [-0.2, 0) is 17.6 Å². The molecule has 1 aliphatic heterocycles. The molecule has 1 aromatic carbocycles. The fourth-order valence-electron chi connectivity index (χ4n) is 2.66. The summed E-state index contributed by atoms with van der Waals surface area (Å²) in [5.74, 6) is 0.0318. The molecule has 0 unspecified atom stereocenters. The predicted octanol–water partition coefficient (Wildman–Crippen LogP) is 1.30. The number of hydrogen-bond acceptors (Lipinski definition) is 2. The second kappa shape index (κ2) is 5.17. The molecule has 1 aromatic rings. The molecule has 0 radical (unpaired) electrons. The maximum atomic E-state index is 11.3. The number of anilines is 1. The number of carbonyl (C=O) groups is 1. The van der Waals surface area contributed by atoms with Crippen LogP contribution in [0, 0.1) is 0 Å². The Morgan fingerprint density at radius 1 is 1.32 bits per heavy atom. The monoisotopic (exact) mass is 275 g/mol. The summed E-state index contributed by atoms with van der Waals surface area (Å²) in [6.45, 7) is 1.77. The lowest BCUT2D eigenvalue weighted by Gasteiger charge is -2.29. The maximum absolute atomic E-state index is 11.3. The maximum Gasteiger partial charge on any atom is 0.239 e. The van der Waals surface area contributed by atoms with Crippen molar-refractivity contribution < 1.29 is 4.79 Å². The molecular weight excluding hydrogens is 258 g/mol. The van der Waals surface area contributed by atoms with E-state index in [2.05, 4.69) is 28.8 Å². The van der Waals surface area contributed by atoms with Crippen molar-refractivity contribution in [3.8, 4) is 0 Å². The second-order valence-corrected chi connectivity index (χ2v) is 5.43. The van der Waals surface area contributed by atoms with E-state index in [1.54, 1.807) is 0 Å². The lowest BCUT2D eigenvalue weighted by molar-refractivity contribution is -0.122. The lowest BCUT2D eigenvalue weighted by atomic mass is 10.1. The molecule has 3 rings (SSSR count). The van der Waals surface area contributed by atoms with Crippen LogP contribution in [0.2, 0.25) is 0 Å². The van der Waals surface area contributed by atoms with Gasteiger partial charge in [0.25, 0.3) is 0 Å². The van der Waals surface area contributed by atoms with Gasteiger partial charge in [-0.1, -0.05) is 6.07 Å². The first-order valence-corrected chi connectivity index (χ1v) is 7.07. The number of fused-ring (bicyclic) bond motifs is 1. The number of aryl methyl sites for hydroxylation is 2. The fraction of sp³-hybridized carbons (Fsp3) is 0.429. The van der Waals surface area contributed by atoms with Gasteiger partial charge in [-0.15, -0.1) is 0 Å². The molecule has 5 heteroatoms. The number of benzene rings is 1. The van der Waals surface area contributed by atoms with Crippen LogP contribution in [-0.4, -0.2) is 35.6 Å². The Hall–Kier alpha value is -1.62. The molecular formula is C14H17N3OS. The SMILES string of the molecule is O=C1CN(C(=S)Nc2ccc3c(c2)CCC3)CCN1. The van der Waals surface area contributed by atoms with Crippen molar-refractivity contribution in [1.29, 1.82) is 0 Å². The van der Waals surface area contributed by atoms with E-state index in [1.807, 2.05) is 4.90 Å². The Labute approximate surface area is 118 Å². The van der Waals surface area contributed by atoms with Gasteiger partial charge in [0.15, 0.2) is 5.11 Å². The first kappa shape index (κ1) is 12.4. The van der Waals surface area contributed by atoms with Crippen LogP contribution in [0.4, 0.5) is 5.69 Å². The van der Waals surface area contributed by atoms with Gasteiger partial charge in [-0.3, -0.25) is 4.79 Å². The summed E-state index contributed by atoms with van der Waals surface area (Å²) in [6, 6.07) is 6.43. The highest BCUT2D eigenvalue weighted by atomic mass is 32.1. The number of nitrogens with one attached hydrogen (secondary N) is 2. The zero-order valence-electron chi connectivity index (χ0n) is 10.7. The van der Waals surface area contributed by atoms with Crippen LogP contribution < -0.4 is 10.6 Å². The molecule has 0 aromatic heterocycles. The quantitative estimate of drug-likeness (QED) is 0.758. The normalized spacial score (nSPS) is 17.9. The smallest absolute Gasteiger partial charge is 0.239 e. The van der Waals surface area contributed by atoms with Gasteiger partial charge in [0.05, 0.1) is 6.54 Å². The van der Waals surface area contributed by atoms with Crippen LogP contribution in [0.1, 0.15) is 17.5 Å². The Balaban J connectivity index is 1.67. The van der Waals surface area contributed by atoms with E-state index in [4.69, 9.17) is 12.2 Å². The summed E-state index contributed by atoms with van der Waals surface area (Å²) >= 11 is 5.37. The van der Waals surface area contributed by atoms with E-state index in [0.717, 1.165) is 18.7 Å². The summed E-state index contributed by atoms with van der Waals surface area (Å²) in [5, 5.41) is 6.67. The Kier molecular flexibility index (Phi) is 3.38. The molecule has 0 spiro atoms. The molecule has 0 atom stereocenters. The molecule has 1 heterocycles. The summed E-state index contributed by atoms with van der Waals surface area (Å²) < 4.78 is 0. The lowest BCUT2D eigenvalue weighted by Crippen LogP contribution is -2.51. The number of piperazine rings is 1. The van der Waals surface area contributed by atoms with E-state index in [1.165, 1.54) is 24.0 Å². The Bertz CT molecular complexity index is 529. The highest BCUT2D eigenvalue weighted by Crippen LogP contribution is 2.25. The van der Waals surface area contributed by atoms with Crippen molar-refractivity contribution in [2.45, 2.75) is 19.3 Å². The van der Waals surface area contributed by atoms with E-state index < -0.39 is 0 Å². The number of carbonyl (C=O) groups excluding carboxylic acids is 1. The topological polar surface area (TPSA) is 44.4 Å². The zero-order valence-corrected chi connectivity index (χ0v) is 11.6. The molecule has 2 N–H and O–H groups in total. The highest BCUT2D eigenvalue weighted by molar-refractivity contribution is 7.80. The first-order chi connectivity index (χ1) is 9.22. The number of nitrogens with zero attached hydrogens (tertiary/aromatic N) is 1. The third kappa shape index (κ3) is 2.71. The van der Waals surface area contributed by atoms with Gasteiger partial charge >= 0.3 is 0 Å². The molecule has 1 fully saturated rings. The standard InChI is InChI=1S/C14H17N3OS/c18-13-9-17(7-6-15-13)14(19)16-12-5-4-10-2-1-3-11(10)8-12/h4-5,8H,1-3,6-7,9H2,(H,15,18)(H,16,19). The van der Waals surface area contributed by atoms with Crippen molar-refractivity contribution in [2.24, 2.45) is 0 Å². The number of thiocarbonyl (C=S) groups is 1. The molecule has 1 aliphatic carbocycles. The summed E-state index contributed by atoms with van der Waals surface area (Å²) in [6.07, 6.45) is 3.59. The molecule has 19 heavy (non-hydrogen) atoms. The van der Waals surface area contributed by atoms with E-state index in [0.29, 0.717) is 18.2 Å². The largest absolute Gasteiger partial charge is 0.353 e. The molecule has 100 valence electrons. The Morgan fingerprint density at radius 2 is 2.16 bits per heavy atom. The summed E-state index contributed by atoms with van der Waals surface area (Å²) in [5.41, 5.74) is 3.90. The van der Waals surface area contributed by atoms with Crippen LogP contribution in [0.3, 0.4) is 0 Å². The van der Waals surface area contributed by atoms with Crippen molar-refractivity contribution in [3.63, 3.8) is 0 Å². The zero-order chi connectivity index (χ0) is 13.2. The van der Waals surface area contributed by atoms with E-state index in [9.17, 15) is 4.79 Å². The van der Waals surface area contributed by atoms with E-state index in [-0.39, 0.29) is 5.91 Å². The van der Waals surface area contributed by atoms with Crippen molar-refractivity contribution in [1.82, 2.24) is 10.2 Å². The number of amides is 1. The van der Waals surface area contributed by atoms with Crippen molar-refractivity contribution in [3.05, 3.63) is 29.3 Å². The summed E-state index contributed by atoms with van der Waals surface area (Å²) in [4.78, 5) is 13.2. The van der Waals surface area contributed by atoms with Gasteiger partial charge in [0, 0.05) is 18.8 Å². The van der Waals surface area contributed by atoms with Gasteiger partial charge in [-0.2, -0.15) is 0 Å². The van der Waals surface area contributed by atoms with Crippen LogP contribution in [0.5, 0.6) is 0 Å². The van der Waals surface area contributed by atoms with Gasteiger partial charge in [-0.05, 0) is 54.7 Å². The van der Waals surface area contributed by atoms with Gasteiger partial charge < -0.3 is 15.5 Å². The fourth-order valence-corrected chi connectivity index (χ4v) is 2.94. The minimum Gasteiger partial charge on any atom is -0.353 e. The highest BCUT2D eigenvalue weighted by Gasteiger charge is 2.19. The minimum absolute atomic E-state index is 0.0318. The third-order valence-corrected chi connectivity index (χ3v) is 4.04. The molecule has 0 bridgehead atoms. The number of rotatable bonds is 1. The van der Waals surface area contributed by atoms with Gasteiger partial charge in [-0.25, -0.2) is 0 Å². The minimum atomic E-state index is 0.0318. The average Bonchev–Trinajstić information content (AvgIpc) is 2.86.